The van der Waals surface area contributed by atoms with Crippen LogP contribution < -0.4 is 0 Å². The Balaban J connectivity index is 1.68. The molecule has 0 amide bonds. The molecule has 6 heteroatoms. The number of fused-ring (bicyclic) bond motifs is 3. The van der Waals surface area contributed by atoms with Crippen LogP contribution in [0, 0.1) is 12.7 Å². The molecule has 0 N–H and O–H groups in total. The van der Waals surface area contributed by atoms with Crippen molar-refractivity contribution in [3.8, 4) is 0 Å². The number of nitrogens with zero attached hydrogens (tertiary/aromatic N) is 3. The zero-order valence-corrected chi connectivity index (χ0v) is 14.3. The molecule has 0 aliphatic carbocycles. The van der Waals surface area contributed by atoms with Crippen LogP contribution >= 0.6 is 11.8 Å². The first kappa shape index (κ1) is 15.8. The third kappa shape index (κ3) is 2.89. The van der Waals surface area contributed by atoms with E-state index in [9.17, 15) is 9.18 Å². The Kier molecular flexibility index (Phi) is 3.97. The Morgan fingerprint density at radius 2 is 1.88 bits per heavy atom. The van der Waals surface area contributed by atoms with E-state index in [1.54, 1.807) is 0 Å². The Bertz CT molecular complexity index is 1090. The predicted molar refractivity (Wildman–Crippen MR) is 96.7 cm³/mol. The van der Waals surface area contributed by atoms with Gasteiger partial charge in [0, 0.05) is 5.56 Å². The van der Waals surface area contributed by atoms with Crippen LogP contribution in [0.5, 0.6) is 0 Å². The smallest absolute Gasteiger partial charge is 0.196 e. The molecule has 2 aromatic carbocycles. The highest BCUT2D eigenvalue weighted by atomic mass is 32.2. The van der Waals surface area contributed by atoms with Crippen molar-refractivity contribution in [3.63, 3.8) is 0 Å². The summed E-state index contributed by atoms with van der Waals surface area (Å²) in [6.45, 7) is 1.99. The van der Waals surface area contributed by atoms with Crippen LogP contribution in [0.2, 0.25) is 0 Å². The second-order valence-electron chi connectivity index (χ2n) is 5.75. The number of hydrogen-bond acceptors (Lipinski definition) is 4. The lowest BCUT2D eigenvalue weighted by Crippen LogP contribution is -2.03. The zero-order chi connectivity index (χ0) is 17.4. The van der Waals surface area contributed by atoms with Crippen LogP contribution in [-0.2, 0) is 0 Å². The normalized spacial score (nSPS) is 11.3. The largest absolute Gasteiger partial charge is 0.293 e. The number of carbonyl (C=O) groups excluding carboxylic acids is 1. The van der Waals surface area contributed by atoms with Crippen LogP contribution in [0.4, 0.5) is 4.39 Å². The molecule has 2 heterocycles. The van der Waals surface area contributed by atoms with Crippen molar-refractivity contribution in [2.75, 3.05) is 5.75 Å². The third-order valence-electron chi connectivity index (χ3n) is 4.03. The van der Waals surface area contributed by atoms with Gasteiger partial charge in [-0.25, -0.2) is 4.39 Å². The Morgan fingerprint density at radius 3 is 2.68 bits per heavy atom. The lowest BCUT2D eigenvalue weighted by atomic mass is 10.1. The van der Waals surface area contributed by atoms with Crippen molar-refractivity contribution in [1.29, 1.82) is 0 Å². The second kappa shape index (κ2) is 6.29. The summed E-state index contributed by atoms with van der Waals surface area (Å²) in [6, 6.07) is 15.7. The van der Waals surface area contributed by atoms with Crippen molar-refractivity contribution in [2.45, 2.75) is 12.1 Å². The standard InChI is InChI=1S/C19H14FN3OS/c1-12-10-14-4-2-3-5-16(14)23-18(12)21-22-19(23)25-11-17(24)13-6-8-15(20)9-7-13/h2-10H,11H2,1H3. The molecule has 0 fully saturated rings. The Labute approximate surface area is 147 Å². The van der Waals surface area contributed by atoms with Gasteiger partial charge in [0.25, 0.3) is 0 Å². The van der Waals surface area contributed by atoms with Crippen molar-refractivity contribution in [3.05, 3.63) is 71.5 Å². The zero-order valence-electron chi connectivity index (χ0n) is 13.4. The van der Waals surface area contributed by atoms with Gasteiger partial charge in [-0.15, -0.1) is 10.2 Å². The van der Waals surface area contributed by atoms with E-state index in [4.69, 9.17) is 0 Å². The van der Waals surface area contributed by atoms with Gasteiger partial charge in [-0.1, -0.05) is 30.0 Å². The first-order chi connectivity index (χ1) is 12.1. The topological polar surface area (TPSA) is 47.3 Å². The minimum absolute atomic E-state index is 0.0706. The monoisotopic (exact) mass is 351 g/mol. The van der Waals surface area contributed by atoms with Gasteiger partial charge in [0.05, 0.1) is 11.3 Å². The lowest BCUT2D eigenvalue weighted by molar-refractivity contribution is 0.102. The Hall–Kier alpha value is -2.73. The van der Waals surface area contributed by atoms with Crippen molar-refractivity contribution < 1.29 is 9.18 Å². The molecule has 0 atom stereocenters. The van der Waals surface area contributed by atoms with Crippen molar-refractivity contribution >= 4 is 34.1 Å². The number of ketones is 1. The number of rotatable bonds is 4. The molecule has 4 aromatic rings. The minimum atomic E-state index is -0.352. The molecule has 4 rings (SSSR count). The fourth-order valence-electron chi connectivity index (χ4n) is 2.80. The van der Waals surface area contributed by atoms with Crippen LogP contribution in [-0.4, -0.2) is 26.1 Å². The summed E-state index contributed by atoms with van der Waals surface area (Å²) in [4.78, 5) is 12.3. The molecule has 0 aliphatic heterocycles. The second-order valence-corrected chi connectivity index (χ2v) is 6.69. The SMILES string of the molecule is Cc1cc2ccccc2n2c(SCC(=O)c3ccc(F)cc3)nnc12. The average molecular weight is 351 g/mol. The van der Waals surface area contributed by atoms with Crippen molar-refractivity contribution in [2.24, 2.45) is 0 Å². The molecular weight excluding hydrogens is 337 g/mol. The summed E-state index contributed by atoms with van der Waals surface area (Å²) in [6.07, 6.45) is 0. The maximum absolute atomic E-state index is 13.0. The summed E-state index contributed by atoms with van der Waals surface area (Å²) >= 11 is 1.33. The number of pyridine rings is 1. The highest BCUT2D eigenvalue weighted by Gasteiger charge is 2.14. The highest BCUT2D eigenvalue weighted by Crippen LogP contribution is 2.26. The number of para-hydroxylation sites is 1. The molecule has 124 valence electrons. The van der Waals surface area contributed by atoms with E-state index in [0.29, 0.717) is 10.7 Å². The van der Waals surface area contributed by atoms with Crippen LogP contribution in [0.3, 0.4) is 0 Å². The summed E-state index contributed by atoms with van der Waals surface area (Å²) in [5.74, 6) is -0.206. The molecular formula is C19H14FN3OS. The van der Waals surface area contributed by atoms with Gasteiger partial charge < -0.3 is 0 Å². The van der Waals surface area contributed by atoms with Gasteiger partial charge >= 0.3 is 0 Å². The fourth-order valence-corrected chi connectivity index (χ4v) is 3.64. The Morgan fingerprint density at radius 1 is 1.12 bits per heavy atom. The van der Waals surface area contributed by atoms with E-state index in [1.807, 2.05) is 35.6 Å². The molecule has 0 bridgehead atoms. The van der Waals surface area contributed by atoms with Gasteiger partial charge in [-0.05, 0) is 54.3 Å². The number of halogens is 1. The van der Waals surface area contributed by atoms with Crippen molar-refractivity contribution in [1.82, 2.24) is 14.6 Å². The van der Waals surface area contributed by atoms with E-state index in [2.05, 4.69) is 16.3 Å². The highest BCUT2D eigenvalue weighted by molar-refractivity contribution is 7.99. The molecule has 2 aromatic heterocycles. The molecule has 0 saturated heterocycles. The molecule has 0 radical (unpaired) electrons. The van der Waals surface area contributed by atoms with E-state index in [-0.39, 0.29) is 17.4 Å². The number of Topliss-reactive ketones (excluding diaryl/α,β-unsaturated/α-hetero) is 1. The molecule has 0 saturated carbocycles. The third-order valence-corrected chi connectivity index (χ3v) is 4.96. The molecule has 4 nitrogen and oxygen atoms in total. The van der Waals surface area contributed by atoms with Gasteiger partial charge in [0.15, 0.2) is 16.6 Å². The fraction of sp³-hybridized carbons (Fsp3) is 0.105. The average Bonchev–Trinajstić information content (AvgIpc) is 3.05. The van der Waals surface area contributed by atoms with Crippen LogP contribution in [0.15, 0.2) is 59.8 Å². The van der Waals surface area contributed by atoms with E-state index >= 15 is 0 Å². The number of thioether (sulfide) groups is 1. The maximum atomic E-state index is 13.0. The molecule has 0 spiro atoms. The molecule has 0 aliphatic rings. The van der Waals surface area contributed by atoms with E-state index < -0.39 is 0 Å². The number of aryl methyl sites for hydroxylation is 1. The van der Waals surface area contributed by atoms with Gasteiger partial charge in [0.2, 0.25) is 0 Å². The minimum Gasteiger partial charge on any atom is -0.293 e. The van der Waals surface area contributed by atoms with E-state index in [0.717, 1.165) is 22.1 Å². The van der Waals surface area contributed by atoms with Crippen LogP contribution in [0.1, 0.15) is 15.9 Å². The first-order valence-corrected chi connectivity index (χ1v) is 8.77. The van der Waals surface area contributed by atoms with Gasteiger partial charge in [-0.3, -0.25) is 9.20 Å². The maximum Gasteiger partial charge on any atom is 0.196 e. The number of carbonyl (C=O) groups is 1. The summed E-state index contributed by atoms with van der Waals surface area (Å²) in [5, 5.41) is 10.3. The lowest BCUT2D eigenvalue weighted by Gasteiger charge is -2.06. The van der Waals surface area contributed by atoms with Crippen LogP contribution in [0.25, 0.3) is 16.6 Å². The predicted octanol–water partition coefficient (Wildman–Crippen LogP) is 4.31. The van der Waals surface area contributed by atoms with Gasteiger partial charge in [-0.2, -0.15) is 0 Å². The summed E-state index contributed by atoms with van der Waals surface area (Å²) < 4.78 is 15.0. The van der Waals surface area contributed by atoms with E-state index in [1.165, 1.54) is 36.0 Å². The van der Waals surface area contributed by atoms with Gasteiger partial charge in [0.1, 0.15) is 5.82 Å². The number of benzene rings is 2. The number of hydrogen-bond donors (Lipinski definition) is 0. The summed E-state index contributed by atoms with van der Waals surface area (Å²) in [7, 11) is 0. The summed E-state index contributed by atoms with van der Waals surface area (Å²) in [5.41, 5.74) is 3.31. The molecule has 25 heavy (non-hydrogen) atoms. The quantitative estimate of drug-likeness (QED) is 0.406. The number of aromatic nitrogens is 3. The molecule has 0 unspecified atom stereocenters. The first-order valence-electron chi connectivity index (χ1n) is 7.78.